The first-order valence-corrected chi connectivity index (χ1v) is 7.01. The minimum Gasteiger partial charge on any atom is -0.378 e. The van der Waals surface area contributed by atoms with E-state index in [0.717, 1.165) is 15.2 Å². The van der Waals surface area contributed by atoms with E-state index < -0.39 is 0 Å². The van der Waals surface area contributed by atoms with Gasteiger partial charge in [-0.3, -0.25) is 0 Å². The largest absolute Gasteiger partial charge is 0.378 e. The van der Waals surface area contributed by atoms with Gasteiger partial charge >= 0.3 is 0 Å². The Morgan fingerprint density at radius 2 is 1.78 bits per heavy atom. The van der Waals surface area contributed by atoms with Crippen molar-refractivity contribution in [3.05, 3.63) is 63.1 Å². The number of hydrogen-bond acceptors (Lipinski definition) is 1. The fourth-order valence-electron chi connectivity index (χ4n) is 1.90. The summed E-state index contributed by atoms with van der Waals surface area (Å²) < 4.78 is 1.09. The molecule has 2 rings (SSSR count). The Morgan fingerprint density at radius 3 is 2.39 bits per heavy atom. The molecule has 2 aromatic rings. The van der Waals surface area contributed by atoms with Crippen LogP contribution in [0, 0.1) is 6.92 Å². The van der Waals surface area contributed by atoms with Crippen LogP contribution < -0.4 is 5.32 Å². The van der Waals surface area contributed by atoms with Gasteiger partial charge in [-0.15, -0.1) is 0 Å². The molecule has 0 saturated carbocycles. The standard InChI is InChI=1S/C15H15BrClN/c1-10-7-13(16)9-15(8-10)18-11(2)12-3-5-14(17)6-4-12/h3-9,11,18H,1-2H3. The van der Waals surface area contributed by atoms with Gasteiger partial charge in [-0.1, -0.05) is 39.7 Å². The van der Waals surface area contributed by atoms with Crippen LogP contribution >= 0.6 is 27.5 Å². The van der Waals surface area contributed by atoms with Crippen LogP contribution in [0.1, 0.15) is 24.1 Å². The van der Waals surface area contributed by atoms with E-state index in [0.29, 0.717) is 0 Å². The second kappa shape index (κ2) is 5.77. The van der Waals surface area contributed by atoms with Gasteiger partial charge in [0.15, 0.2) is 0 Å². The molecule has 94 valence electrons. The van der Waals surface area contributed by atoms with Gasteiger partial charge in [0.25, 0.3) is 0 Å². The van der Waals surface area contributed by atoms with E-state index in [4.69, 9.17) is 11.6 Å². The van der Waals surface area contributed by atoms with E-state index >= 15 is 0 Å². The highest BCUT2D eigenvalue weighted by atomic mass is 79.9. The zero-order valence-corrected chi connectivity index (χ0v) is 12.7. The molecule has 0 heterocycles. The summed E-state index contributed by atoms with van der Waals surface area (Å²) in [4.78, 5) is 0. The lowest BCUT2D eigenvalue weighted by atomic mass is 10.1. The zero-order chi connectivity index (χ0) is 13.1. The number of benzene rings is 2. The summed E-state index contributed by atoms with van der Waals surface area (Å²) in [6.45, 7) is 4.22. The number of nitrogens with one attached hydrogen (secondary N) is 1. The Balaban J connectivity index is 2.15. The highest BCUT2D eigenvalue weighted by molar-refractivity contribution is 9.10. The number of rotatable bonds is 3. The van der Waals surface area contributed by atoms with E-state index in [2.05, 4.69) is 53.3 Å². The first kappa shape index (κ1) is 13.4. The predicted molar refractivity (Wildman–Crippen MR) is 82.4 cm³/mol. The number of halogens is 2. The van der Waals surface area contributed by atoms with Crippen LogP contribution in [0.4, 0.5) is 5.69 Å². The summed E-state index contributed by atoms with van der Waals surface area (Å²) in [6.07, 6.45) is 0. The molecule has 0 aromatic heterocycles. The Morgan fingerprint density at radius 1 is 1.11 bits per heavy atom. The summed E-state index contributed by atoms with van der Waals surface area (Å²) in [5.74, 6) is 0. The van der Waals surface area contributed by atoms with Gasteiger partial charge in [-0.2, -0.15) is 0 Å². The molecule has 0 spiro atoms. The average Bonchev–Trinajstić information content (AvgIpc) is 2.28. The third-order valence-electron chi connectivity index (χ3n) is 2.80. The van der Waals surface area contributed by atoms with Crippen molar-refractivity contribution in [2.45, 2.75) is 19.9 Å². The molecule has 3 heteroatoms. The van der Waals surface area contributed by atoms with Gasteiger partial charge in [0.05, 0.1) is 0 Å². The van der Waals surface area contributed by atoms with Crippen LogP contribution in [0.3, 0.4) is 0 Å². The van der Waals surface area contributed by atoms with Gasteiger partial charge in [0.2, 0.25) is 0 Å². The summed E-state index contributed by atoms with van der Waals surface area (Å²) in [5.41, 5.74) is 3.57. The lowest BCUT2D eigenvalue weighted by molar-refractivity contribution is 0.884. The highest BCUT2D eigenvalue weighted by Crippen LogP contribution is 2.24. The van der Waals surface area contributed by atoms with E-state index in [9.17, 15) is 0 Å². The van der Waals surface area contributed by atoms with E-state index in [-0.39, 0.29) is 6.04 Å². The third-order valence-corrected chi connectivity index (χ3v) is 3.51. The third kappa shape index (κ3) is 3.50. The minimum absolute atomic E-state index is 0.246. The van der Waals surface area contributed by atoms with E-state index in [1.54, 1.807) is 0 Å². The summed E-state index contributed by atoms with van der Waals surface area (Å²) in [7, 11) is 0. The van der Waals surface area contributed by atoms with Crippen molar-refractivity contribution in [2.75, 3.05) is 5.32 Å². The van der Waals surface area contributed by atoms with Crippen molar-refractivity contribution in [3.63, 3.8) is 0 Å². The van der Waals surface area contributed by atoms with Crippen molar-refractivity contribution in [3.8, 4) is 0 Å². The monoisotopic (exact) mass is 323 g/mol. The lowest BCUT2D eigenvalue weighted by Crippen LogP contribution is -2.06. The zero-order valence-electron chi connectivity index (χ0n) is 10.4. The Bertz CT molecular complexity index is 516. The molecule has 1 N–H and O–H groups in total. The van der Waals surface area contributed by atoms with Crippen molar-refractivity contribution in [2.24, 2.45) is 0 Å². The predicted octanol–water partition coefficient (Wildman–Crippen LogP) is 5.58. The molecule has 1 atom stereocenters. The molecule has 0 aliphatic heterocycles. The Hall–Kier alpha value is -0.990. The lowest BCUT2D eigenvalue weighted by Gasteiger charge is -2.16. The fourth-order valence-corrected chi connectivity index (χ4v) is 2.64. The first-order chi connectivity index (χ1) is 8.54. The summed E-state index contributed by atoms with van der Waals surface area (Å²) in [6, 6.07) is 14.5. The molecule has 1 unspecified atom stereocenters. The molecular weight excluding hydrogens is 310 g/mol. The van der Waals surface area contributed by atoms with Crippen LogP contribution in [0.15, 0.2) is 46.9 Å². The van der Waals surface area contributed by atoms with Gasteiger partial charge in [0.1, 0.15) is 0 Å². The fraction of sp³-hybridized carbons (Fsp3) is 0.200. The van der Waals surface area contributed by atoms with Crippen LogP contribution in [0.2, 0.25) is 5.02 Å². The maximum Gasteiger partial charge on any atom is 0.0485 e. The molecule has 0 bridgehead atoms. The van der Waals surface area contributed by atoms with Crippen molar-refractivity contribution in [1.29, 1.82) is 0 Å². The second-order valence-electron chi connectivity index (χ2n) is 4.43. The number of aryl methyl sites for hydroxylation is 1. The van der Waals surface area contributed by atoms with Gasteiger partial charge in [-0.05, 0) is 55.3 Å². The Kier molecular flexibility index (Phi) is 4.31. The minimum atomic E-state index is 0.246. The van der Waals surface area contributed by atoms with Gasteiger partial charge in [-0.25, -0.2) is 0 Å². The van der Waals surface area contributed by atoms with Crippen molar-refractivity contribution >= 4 is 33.2 Å². The quantitative estimate of drug-likeness (QED) is 0.776. The molecule has 0 amide bonds. The Labute approximate surface area is 121 Å². The molecule has 1 nitrogen and oxygen atoms in total. The SMILES string of the molecule is Cc1cc(Br)cc(NC(C)c2ccc(Cl)cc2)c1. The van der Waals surface area contributed by atoms with Gasteiger partial charge in [0, 0.05) is 21.2 Å². The normalized spacial score (nSPS) is 12.2. The van der Waals surface area contributed by atoms with Crippen LogP contribution in [0.25, 0.3) is 0 Å². The topological polar surface area (TPSA) is 12.0 Å². The molecule has 18 heavy (non-hydrogen) atoms. The molecule has 2 aromatic carbocycles. The van der Waals surface area contributed by atoms with Crippen LogP contribution in [0.5, 0.6) is 0 Å². The van der Waals surface area contributed by atoms with Crippen molar-refractivity contribution < 1.29 is 0 Å². The maximum absolute atomic E-state index is 5.89. The highest BCUT2D eigenvalue weighted by Gasteiger charge is 2.05. The first-order valence-electron chi connectivity index (χ1n) is 5.84. The van der Waals surface area contributed by atoms with Gasteiger partial charge < -0.3 is 5.32 Å². The molecule has 0 radical (unpaired) electrons. The smallest absolute Gasteiger partial charge is 0.0485 e. The number of hydrogen-bond donors (Lipinski definition) is 1. The number of anilines is 1. The average molecular weight is 325 g/mol. The van der Waals surface area contributed by atoms with Crippen molar-refractivity contribution in [1.82, 2.24) is 0 Å². The maximum atomic E-state index is 5.89. The van der Waals surface area contributed by atoms with E-state index in [1.807, 2.05) is 24.3 Å². The molecule has 0 saturated heterocycles. The molecule has 0 aliphatic rings. The van der Waals surface area contributed by atoms with Crippen LogP contribution in [-0.2, 0) is 0 Å². The molecule has 0 aliphatic carbocycles. The van der Waals surface area contributed by atoms with Crippen LogP contribution in [-0.4, -0.2) is 0 Å². The molecule has 0 fully saturated rings. The summed E-state index contributed by atoms with van der Waals surface area (Å²) >= 11 is 9.40. The summed E-state index contributed by atoms with van der Waals surface area (Å²) in [5, 5.41) is 4.25. The van der Waals surface area contributed by atoms with E-state index in [1.165, 1.54) is 11.1 Å². The molecular formula is C15H15BrClN. The second-order valence-corrected chi connectivity index (χ2v) is 5.79.